The first-order valence-electron chi connectivity index (χ1n) is 12.3. The molecule has 4 rings (SSSR count). The Balaban J connectivity index is 1.46. The van der Waals surface area contributed by atoms with E-state index in [0.29, 0.717) is 25.4 Å². The fraction of sp³-hybridized carbons (Fsp3) is 0.321. The van der Waals surface area contributed by atoms with E-state index in [0.717, 1.165) is 25.2 Å². The second kappa shape index (κ2) is 12.2. The first-order valence-corrected chi connectivity index (χ1v) is 13.8. The average Bonchev–Trinajstić information content (AvgIpc) is 2.90. The molecule has 0 spiro atoms. The van der Waals surface area contributed by atoms with E-state index in [9.17, 15) is 13.2 Å². The topological polar surface area (TPSA) is 78.9 Å². The molecule has 3 aromatic carbocycles. The molecule has 1 aliphatic rings. The van der Waals surface area contributed by atoms with E-state index in [-0.39, 0.29) is 17.2 Å². The van der Waals surface area contributed by atoms with Gasteiger partial charge < -0.3 is 9.64 Å². The second-order valence-electron chi connectivity index (χ2n) is 8.86. The summed E-state index contributed by atoms with van der Waals surface area (Å²) in [4.78, 5) is 17.8. The highest BCUT2D eigenvalue weighted by atomic mass is 32.2. The third-order valence-electron chi connectivity index (χ3n) is 6.26. The van der Waals surface area contributed by atoms with Crippen molar-refractivity contribution in [3.8, 4) is 5.75 Å². The third-order valence-corrected chi connectivity index (χ3v) is 7.74. The molecule has 1 amide bonds. The maximum atomic E-state index is 13.6. The van der Waals surface area contributed by atoms with E-state index < -0.39 is 16.1 Å². The van der Waals surface area contributed by atoms with Gasteiger partial charge in [0.15, 0.2) is 0 Å². The van der Waals surface area contributed by atoms with E-state index in [2.05, 4.69) is 21.8 Å². The highest BCUT2D eigenvalue weighted by Crippen LogP contribution is 2.18. The van der Waals surface area contributed by atoms with Crippen molar-refractivity contribution in [2.24, 2.45) is 0 Å². The molecule has 0 unspecified atom stereocenters. The van der Waals surface area contributed by atoms with Crippen LogP contribution < -0.4 is 9.46 Å². The van der Waals surface area contributed by atoms with E-state index in [1.165, 1.54) is 17.7 Å². The van der Waals surface area contributed by atoms with Gasteiger partial charge in [0.05, 0.1) is 11.5 Å². The average molecular weight is 508 g/mol. The summed E-state index contributed by atoms with van der Waals surface area (Å²) >= 11 is 0. The first-order chi connectivity index (χ1) is 17.4. The molecule has 0 aromatic heterocycles. The van der Waals surface area contributed by atoms with Gasteiger partial charge in [-0.15, -0.1) is 0 Å². The number of amides is 1. The Kier molecular flexibility index (Phi) is 8.74. The number of sulfonamides is 1. The molecule has 36 heavy (non-hydrogen) atoms. The van der Waals surface area contributed by atoms with Crippen LogP contribution in [0.4, 0.5) is 0 Å². The normalized spacial score (nSPS) is 15.4. The molecule has 0 aliphatic carbocycles. The summed E-state index contributed by atoms with van der Waals surface area (Å²) in [6.07, 6.45) is 0.278. The maximum Gasteiger partial charge on any atom is 0.241 e. The number of hydrogen-bond donors (Lipinski definition) is 1. The molecule has 1 saturated heterocycles. The van der Waals surface area contributed by atoms with Crippen molar-refractivity contribution in [2.75, 3.05) is 32.8 Å². The molecule has 7 nitrogen and oxygen atoms in total. The summed E-state index contributed by atoms with van der Waals surface area (Å²) < 4.78 is 34.5. The fourth-order valence-corrected chi connectivity index (χ4v) is 5.54. The second-order valence-corrected chi connectivity index (χ2v) is 10.6. The van der Waals surface area contributed by atoms with Gasteiger partial charge in [-0.25, -0.2) is 8.42 Å². The largest absolute Gasteiger partial charge is 0.494 e. The summed E-state index contributed by atoms with van der Waals surface area (Å²) in [7, 11) is -3.91. The third kappa shape index (κ3) is 6.94. The molecule has 190 valence electrons. The molecule has 0 bridgehead atoms. The van der Waals surface area contributed by atoms with Crippen molar-refractivity contribution in [1.29, 1.82) is 0 Å². The van der Waals surface area contributed by atoms with Crippen molar-refractivity contribution >= 4 is 15.9 Å². The number of nitrogens with zero attached hydrogens (tertiary/aromatic N) is 2. The predicted octanol–water partition coefficient (Wildman–Crippen LogP) is 3.32. The lowest BCUT2D eigenvalue weighted by atomic mass is 10.1. The number of piperazine rings is 1. The van der Waals surface area contributed by atoms with Crippen LogP contribution in [0.5, 0.6) is 5.75 Å². The van der Waals surface area contributed by atoms with Crippen molar-refractivity contribution in [3.05, 3.63) is 96.1 Å². The Morgan fingerprint density at radius 2 is 1.44 bits per heavy atom. The minimum absolute atomic E-state index is 0.101. The zero-order valence-electron chi connectivity index (χ0n) is 20.5. The zero-order chi connectivity index (χ0) is 25.4. The smallest absolute Gasteiger partial charge is 0.241 e. The summed E-state index contributed by atoms with van der Waals surface area (Å²) in [5.74, 6) is 0.398. The van der Waals surface area contributed by atoms with E-state index in [1.807, 2.05) is 55.5 Å². The molecular weight excluding hydrogens is 474 g/mol. The van der Waals surface area contributed by atoms with Crippen LogP contribution in [-0.2, 0) is 27.8 Å². The SMILES string of the molecule is CCOc1ccc(S(=O)(=O)N[C@H](Cc2ccccc2)C(=O)N2CCN(Cc3ccccc3)CC2)cc1. The number of ether oxygens (including phenoxy) is 1. The van der Waals surface area contributed by atoms with Gasteiger partial charge in [-0.05, 0) is 48.7 Å². The quantitative estimate of drug-likeness (QED) is 0.456. The van der Waals surface area contributed by atoms with Crippen LogP contribution in [0.1, 0.15) is 18.1 Å². The predicted molar refractivity (Wildman–Crippen MR) is 140 cm³/mol. The minimum atomic E-state index is -3.91. The van der Waals surface area contributed by atoms with E-state index in [4.69, 9.17) is 4.74 Å². The van der Waals surface area contributed by atoms with Crippen molar-refractivity contribution < 1.29 is 17.9 Å². The summed E-state index contributed by atoms with van der Waals surface area (Å²) in [5.41, 5.74) is 2.13. The van der Waals surface area contributed by atoms with Gasteiger partial charge in [0, 0.05) is 32.7 Å². The van der Waals surface area contributed by atoms with Crippen molar-refractivity contribution in [2.45, 2.75) is 30.8 Å². The van der Waals surface area contributed by atoms with Gasteiger partial charge in [0.25, 0.3) is 0 Å². The van der Waals surface area contributed by atoms with Crippen LogP contribution in [0.3, 0.4) is 0 Å². The molecule has 0 radical (unpaired) electrons. The number of hydrogen-bond acceptors (Lipinski definition) is 5. The summed E-state index contributed by atoms with van der Waals surface area (Å²) in [6, 6.07) is 25.1. The monoisotopic (exact) mass is 507 g/mol. The fourth-order valence-electron chi connectivity index (χ4n) is 4.35. The Morgan fingerprint density at radius 3 is 2.03 bits per heavy atom. The molecule has 1 atom stereocenters. The van der Waals surface area contributed by atoms with Crippen molar-refractivity contribution in [3.63, 3.8) is 0 Å². The highest BCUT2D eigenvalue weighted by Gasteiger charge is 2.31. The summed E-state index contributed by atoms with van der Waals surface area (Å²) in [6.45, 7) is 5.79. The van der Waals surface area contributed by atoms with Crippen LogP contribution in [0.15, 0.2) is 89.8 Å². The lowest BCUT2D eigenvalue weighted by Gasteiger charge is -2.36. The van der Waals surface area contributed by atoms with Crippen LogP contribution in [0, 0.1) is 0 Å². The Labute approximate surface area is 213 Å². The molecule has 8 heteroatoms. The molecular formula is C28H33N3O4S. The van der Waals surface area contributed by atoms with Gasteiger partial charge in [0.2, 0.25) is 15.9 Å². The number of carbonyl (C=O) groups excluding carboxylic acids is 1. The van der Waals surface area contributed by atoms with Crippen molar-refractivity contribution in [1.82, 2.24) is 14.5 Å². The number of nitrogens with one attached hydrogen (secondary N) is 1. The van der Waals surface area contributed by atoms with Crippen LogP contribution in [-0.4, -0.2) is 63.0 Å². The van der Waals surface area contributed by atoms with E-state index in [1.54, 1.807) is 17.0 Å². The molecule has 0 saturated carbocycles. The standard InChI is InChI=1S/C28H33N3O4S/c1-2-35-25-13-15-26(16-14-25)36(33,34)29-27(21-23-9-5-3-6-10-23)28(32)31-19-17-30(18-20-31)22-24-11-7-4-8-12-24/h3-16,27,29H,2,17-22H2,1H3/t27-/m1/s1. The molecule has 1 N–H and O–H groups in total. The maximum absolute atomic E-state index is 13.6. The lowest BCUT2D eigenvalue weighted by molar-refractivity contribution is -0.134. The highest BCUT2D eigenvalue weighted by molar-refractivity contribution is 7.89. The van der Waals surface area contributed by atoms with Gasteiger partial charge in [-0.2, -0.15) is 4.72 Å². The number of carbonyl (C=O) groups is 1. The number of benzene rings is 3. The van der Waals surface area contributed by atoms with E-state index >= 15 is 0 Å². The van der Waals surface area contributed by atoms with Crippen LogP contribution in [0.2, 0.25) is 0 Å². The minimum Gasteiger partial charge on any atom is -0.494 e. The van der Waals surface area contributed by atoms with Gasteiger partial charge in [0.1, 0.15) is 11.8 Å². The Morgan fingerprint density at radius 1 is 0.861 bits per heavy atom. The first kappa shape index (κ1) is 25.9. The number of rotatable bonds is 10. The lowest BCUT2D eigenvalue weighted by Crippen LogP contribution is -2.55. The Hall–Kier alpha value is -3.20. The summed E-state index contributed by atoms with van der Waals surface area (Å²) in [5, 5.41) is 0. The Bertz CT molecular complexity index is 1210. The zero-order valence-corrected chi connectivity index (χ0v) is 21.4. The molecule has 3 aromatic rings. The van der Waals surface area contributed by atoms with Crippen LogP contribution in [0.25, 0.3) is 0 Å². The molecule has 1 fully saturated rings. The molecule has 1 heterocycles. The van der Waals surface area contributed by atoms with Crippen LogP contribution >= 0.6 is 0 Å². The van der Waals surface area contributed by atoms with Gasteiger partial charge >= 0.3 is 0 Å². The van der Waals surface area contributed by atoms with Gasteiger partial charge in [-0.3, -0.25) is 9.69 Å². The molecule has 1 aliphatic heterocycles. The van der Waals surface area contributed by atoms with Gasteiger partial charge in [-0.1, -0.05) is 60.7 Å².